The lowest BCUT2D eigenvalue weighted by Crippen LogP contribution is -2.53. The van der Waals surface area contributed by atoms with Gasteiger partial charge >= 0.3 is 0 Å². The van der Waals surface area contributed by atoms with E-state index in [0.717, 1.165) is 45.1 Å². The molecule has 0 bridgehead atoms. The van der Waals surface area contributed by atoms with Gasteiger partial charge in [-0.15, -0.1) is 0 Å². The molecule has 0 unspecified atom stereocenters. The Hall–Kier alpha value is -1.92. The highest BCUT2D eigenvalue weighted by Crippen LogP contribution is 2.28. The minimum atomic E-state index is -0.433. The van der Waals surface area contributed by atoms with Gasteiger partial charge in [-0.1, -0.05) is 30.7 Å². The fourth-order valence-electron chi connectivity index (χ4n) is 4.45. The van der Waals surface area contributed by atoms with Crippen molar-refractivity contribution in [2.24, 2.45) is 5.92 Å². The third kappa shape index (κ3) is 4.23. The van der Waals surface area contributed by atoms with Crippen LogP contribution in [0.5, 0.6) is 0 Å². The maximum Gasteiger partial charge on any atom is 0.225 e. The number of hydrogen-bond acceptors (Lipinski definition) is 4. The maximum atomic E-state index is 12.8. The molecule has 3 atom stereocenters. The number of fused-ring (bicyclic) bond motifs is 1. The Morgan fingerprint density at radius 3 is 2.64 bits per heavy atom. The average Bonchev–Trinajstić information content (AvgIpc) is 2.67. The molecule has 1 aromatic carbocycles. The number of amides is 2. The smallest absolute Gasteiger partial charge is 0.225 e. The van der Waals surface area contributed by atoms with Crippen molar-refractivity contribution < 1.29 is 19.4 Å². The van der Waals surface area contributed by atoms with Crippen molar-refractivity contribution in [2.75, 3.05) is 13.2 Å². The van der Waals surface area contributed by atoms with E-state index in [0.29, 0.717) is 13.0 Å². The van der Waals surface area contributed by atoms with Crippen LogP contribution >= 0.6 is 0 Å². The molecule has 6 heteroatoms. The van der Waals surface area contributed by atoms with Gasteiger partial charge in [0, 0.05) is 19.0 Å². The van der Waals surface area contributed by atoms with Crippen LogP contribution in [-0.2, 0) is 27.3 Å². The van der Waals surface area contributed by atoms with E-state index in [1.807, 2.05) is 17.0 Å². The third-order valence-electron chi connectivity index (χ3n) is 6.48. The van der Waals surface area contributed by atoms with E-state index in [-0.39, 0.29) is 36.5 Å². The van der Waals surface area contributed by atoms with Gasteiger partial charge in [0.25, 0.3) is 0 Å². The van der Waals surface area contributed by atoms with Gasteiger partial charge in [-0.05, 0) is 43.2 Å². The van der Waals surface area contributed by atoms with Crippen LogP contribution in [0.3, 0.4) is 0 Å². The number of rotatable bonds is 5. The zero-order chi connectivity index (χ0) is 19.5. The minimum Gasteiger partial charge on any atom is -0.394 e. The first-order chi connectivity index (χ1) is 13.6. The second-order valence-corrected chi connectivity index (χ2v) is 8.34. The molecule has 28 heavy (non-hydrogen) atoms. The Labute approximate surface area is 166 Å². The van der Waals surface area contributed by atoms with Crippen LogP contribution in [0.1, 0.15) is 49.7 Å². The molecule has 1 aromatic rings. The normalized spacial score (nSPS) is 27.6. The molecule has 4 rings (SSSR count). The van der Waals surface area contributed by atoms with Crippen molar-refractivity contribution in [2.45, 2.75) is 69.7 Å². The van der Waals surface area contributed by atoms with E-state index in [4.69, 9.17) is 4.74 Å². The number of carbonyl (C=O) groups excluding carboxylic acids is 2. The summed E-state index contributed by atoms with van der Waals surface area (Å²) in [5, 5.41) is 12.8. The van der Waals surface area contributed by atoms with Crippen LogP contribution in [-0.4, -0.2) is 53.2 Å². The van der Waals surface area contributed by atoms with Gasteiger partial charge in [0.15, 0.2) is 0 Å². The van der Waals surface area contributed by atoms with E-state index in [9.17, 15) is 14.7 Å². The Morgan fingerprint density at radius 2 is 1.93 bits per heavy atom. The summed E-state index contributed by atoms with van der Waals surface area (Å²) in [5.41, 5.74) is 2.55. The van der Waals surface area contributed by atoms with Crippen molar-refractivity contribution in [3.8, 4) is 0 Å². The Kier molecular flexibility index (Phi) is 5.97. The Morgan fingerprint density at radius 1 is 1.14 bits per heavy atom. The second kappa shape index (κ2) is 8.62. The summed E-state index contributed by atoms with van der Waals surface area (Å²) < 4.78 is 6.00. The highest BCUT2D eigenvalue weighted by atomic mass is 16.5. The van der Waals surface area contributed by atoms with Gasteiger partial charge in [0.05, 0.1) is 25.2 Å². The van der Waals surface area contributed by atoms with E-state index in [2.05, 4.69) is 17.4 Å². The summed E-state index contributed by atoms with van der Waals surface area (Å²) in [6.07, 6.45) is 5.10. The van der Waals surface area contributed by atoms with Crippen LogP contribution in [0.15, 0.2) is 24.3 Å². The lowest BCUT2D eigenvalue weighted by molar-refractivity contribution is -0.144. The fourth-order valence-corrected chi connectivity index (χ4v) is 4.45. The number of aliphatic hydroxyl groups excluding tert-OH is 1. The van der Waals surface area contributed by atoms with Crippen LogP contribution < -0.4 is 5.32 Å². The van der Waals surface area contributed by atoms with E-state index < -0.39 is 6.10 Å². The number of ether oxygens (including phenoxy) is 1. The Balaban J connectivity index is 1.28. The highest BCUT2D eigenvalue weighted by Gasteiger charge is 2.35. The van der Waals surface area contributed by atoms with Crippen molar-refractivity contribution >= 4 is 11.8 Å². The summed E-state index contributed by atoms with van der Waals surface area (Å²) in [5.74, 6) is 0.313. The standard InChI is InChI=1S/C22H30N2O4/c25-14-20-19(23-22(27)16-6-3-7-16)9-8-18(28-20)12-21(26)24-11-10-15-4-1-2-5-17(15)13-24/h1-2,4-5,16,18-20,25H,3,6-14H2,(H,23,27)/t18-,19+,20-/m1/s1. The molecule has 1 aliphatic carbocycles. The molecule has 2 N–H and O–H groups in total. The Bertz CT molecular complexity index is 718. The largest absolute Gasteiger partial charge is 0.394 e. The van der Waals surface area contributed by atoms with Gasteiger partial charge in [-0.25, -0.2) is 0 Å². The second-order valence-electron chi connectivity index (χ2n) is 8.34. The van der Waals surface area contributed by atoms with E-state index in [1.165, 1.54) is 11.1 Å². The molecule has 2 fully saturated rings. The van der Waals surface area contributed by atoms with Gasteiger partial charge < -0.3 is 20.1 Å². The molecule has 0 spiro atoms. The van der Waals surface area contributed by atoms with Crippen molar-refractivity contribution in [3.05, 3.63) is 35.4 Å². The summed E-state index contributed by atoms with van der Waals surface area (Å²) in [6.45, 7) is 1.26. The quantitative estimate of drug-likeness (QED) is 0.809. The molecule has 2 amide bonds. The van der Waals surface area contributed by atoms with Crippen molar-refractivity contribution in [1.29, 1.82) is 0 Å². The lowest BCUT2D eigenvalue weighted by atomic mass is 9.84. The number of carbonyl (C=O) groups is 2. The molecular weight excluding hydrogens is 356 g/mol. The van der Waals surface area contributed by atoms with Gasteiger partial charge in [-0.3, -0.25) is 9.59 Å². The fraction of sp³-hybridized carbons (Fsp3) is 0.636. The zero-order valence-corrected chi connectivity index (χ0v) is 16.3. The molecule has 152 valence electrons. The summed E-state index contributed by atoms with van der Waals surface area (Å²) in [7, 11) is 0. The first-order valence-electron chi connectivity index (χ1n) is 10.6. The molecule has 1 saturated carbocycles. The predicted octanol–water partition coefficient (Wildman–Crippen LogP) is 1.79. The monoisotopic (exact) mass is 386 g/mol. The van der Waals surface area contributed by atoms with Crippen LogP contribution in [0, 0.1) is 5.92 Å². The highest BCUT2D eigenvalue weighted by molar-refractivity contribution is 5.79. The molecule has 2 aliphatic heterocycles. The average molecular weight is 386 g/mol. The topological polar surface area (TPSA) is 78.9 Å². The first-order valence-corrected chi connectivity index (χ1v) is 10.6. The van der Waals surface area contributed by atoms with E-state index in [1.54, 1.807) is 0 Å². The summed E-state index contributed by atoms with van der Waals surface area (Å²) in [4.78, 5) is 26.9. The zero-order valence-electron chi connectivity index (χ0n) is 16.3. The number of hydrogen-bond donors (Lipinski definition) is 2. The minimum absolute atomic E-state index is 0.0832. The molecular formula is C22H30N2O4. The number of nitrogens with one attached hydrogen (secondary N) is 1. The molecule has 3 aliphatic rings. The summed E-state index contributed by atoms with van der Waals surface area (Å²) >= 11 is 0. The molecule has 0 radical (unpaired) electrons. The van der Waals surface area contributed by atoms with E-state index >= 15 is 0 Å². The molecule has 6 nitrogen and oxygen atoms in total. The molecule has 2 heterocycles. The maximum absolute atomic E-state index is 12.8. The number of nitrogens with zero attached hydrogens (tertiary/aromatic N) is 1. The summed E-state index contributed by atoms with van der Waals surface area (Å²) in [6, 6.07) is 8.11. The third-order valence-corrected chi connectivity index (χ3v) is 6.48. The lowest BCUT2D eigenvalue weighted by Gasteiger charge is -2.38. The molecule has 0 aromatic heterocycles. The van der Waals surface area contributed by atoms with Gasteiger partial charge in [0.2, 0.25) is 11.8 Å². The number of aliphatic hydroxyl groups is 1. The van der Waals surface area contributed by atoms with Gasteiger partial charge in [0.1, 0.15) is 6.10 Å². The van der Waals surface area contributed by atoms with Crippen molar-refractivity contribution in [3.63, 3.8) is 0 Å². The van der Waals surface area contributed by atoms with Crippen LogP contribution in [0.2, 0.25) is 0 Å². The first kappa shape index (κ1) is 19.4. The van der Waals surface area contributed by atoms with Crippen molar-refractivity contribution in [1.82, 2.24) is 10.2 Å². The SMILES string of the molecule is O=C(N[C@H]1CC[C@H](CC(=O)N2CCc3ccccc3C2)O[C@@H]1CO)C1CCC1. The van der Waals surface area contributed by atoms with Crippen LogP contribution in [0.4, 0.5) is 0 Å². The molecule has 1 saturated heterocycles. The van der Waals surface area contributed by atoms with Gasteiger partial charge in [-0.2, -0.15) is 0 Å². The number of benzene rings is 1. The van der Waals surface area contributed by atoms with Crippen LogP contribution in [0.25, 0.3) is 0 Å². The predicted molar refractivity (Wildman–Crippen MR) is 104 cm³/mol.